The summed E-state index contributed by atoms with van der Waals surface area (Å²) in [7, 11) is 0. The van der Waals surface area contributed by atoms with E-state index in [4.69, 9.17) is 5.11 Å². The van der Waals surface area contributed by atoms with Crippen LogP contribution in [0.3, 0.4) is 0 Å². The molecule has 0 spiro atoms. The van der Waals surface area contributed by atoms with E-state index in [0.717, 1.165) is 30.9 Å². The first-order valence-corrected chi connectivity index (χ1v) is 6.31. The summed E-state index contributed by atoms with van der Waals surface area (Å²) in [5, 5.41) is 12.6. The van der Waals surface area contributed by atoms with Gasteiger partial charge in [0.15, 0.2) is 0 Å². The maximum atomic E-state index is 9.09. The van der Waals surface area contributed by atoms with Crippen LogP contribution >= 0.6 is 0 Å². The minimum atomic E-state index is -0.0406. The summed E-state index contributed by atoms with van der Waals surface area (Å²) < 4.78 is 1.97. The molecule has 0 saturated heterocycles. The molecule has 0 amide bonds. The molecule has 1 unspecified atom stereocenters. The predicted octanol–water partition coefficient (Wildman–Crippen LogP) is 1.37. The van der Waals surface area contributed by atoms with E-state index < -0.39 is 0 Å². The molecule has 0 aliphatic rings. The first-order valence-electron chi connectivity index (χ1n) is 6.31. The van der Waals surface area contributed by atoms with Crippen molar-refractivity contribution in [3.8, 4) is 0 Å². The predicted molar refractivity (Wildman–Crippen MR) is 70.2 cm³/mol. The molecule has 5 nitrogen and oxygen atoms in total. The Kier molecular flexibility index (Phi) is 3.93. The highest BCUT2D eigenvalue weighted by Crippen LogP contribution is 2.15. The largest absolute Gasteiger partial charge is 0.396 e. The van der Waals surface area contributed by atoms with Gasteiger partial charge in [-0.1, -0.05) is 6.92 Å². The first kappa shape index (κ1) is 13.0. The Bertz CT molecular complexity index is 510. The highest BCUT2D eigenvalue weighted by Gasteiger charge is 2.20. The highest BCUT2D eigenvalue weighted by atomic mass is 16.3. The summed E-state index contributed by atoms with van der Waals surface area (Å²) in [4.78, 5) is 8.44. The number of imidazole rings is 1. The molecule has 1 atom stereocenters. The lowest BCUT2D eigenvalue weighted by atomic mass is 9.95. The van der Waals surface area contributed by atoms with Crippen molar-refractivity contribution in [3.63, 3.8) is 0 Å². The van der Waals surface area contributed by atoms with Gasteiger partial charge in [-0.3, -0.25) is 4.40 Å². The Morgan fingerprint density at radius 1 is 1.44 bits per heavy atom. The summed E-state index contributed by atoms with van der Waals surface area (Å²) in [5.74, 6) is 0.717. The standard InChI is InChI=1S/C13H20N4O/c1-3-13(2,5-8-18)16-10-11-9-15-12-14-6-4-7-17(11)12/h4,6-7,9,16,18H,3,5,8,10H2,1-2H3. The number of hydrogen-bond donors (Lipinski definition) is 2. The molecule has 2 rings (SSSR count). The number of aliphatic hydroxyl groups is 1. The molecule has 5 heteroatoms. The molecule has 98 valence electrons. The highest BCUT2D eigenvalue weighted by molar-refractivity contribution is 5.30. The second kappa shape index (κ2) is 5.46. The number of aliphatic hydroxyl groups excluding tert-OH is 1. The Morgan fingerprint density at radius 3 is 3.00 bits per heavy atom. The third-order valence-corrected chi connectivity index (χ3v) is 3.51. The molecule has 2 heterocycles. The quantitative estimate of drug-likeness (QED) is 0.810. The van der Waals surface area contributed by atoms with Crippen molar-refractivity contribution in [2.45, 2.75) is 38.8 Å². The molecule has 0 radical (unpaired) electrons. The van der Waals surface area contributed by atoms with Crippen LogP contribution in [-0.2, 0) is 6.54 Å². The number of nitrogens with one attached hydrogen (secondary N) is 1. The fourth-order valence-electron chi connectivity index (χ4n) is 1.95. The van der Waals surface area contributed by atoms with E-state index >= 15 is 0 Å². The zero-order chi connectivity index (χ0) is 13.0. The minimum Gasteiger partial charge on any atom is -0.396 e. The van der Waals surface area contributed by atoms with E-state index in [2.05, 4.69) is 29.1 Å². The molecule has 0 aliphatic carbocycles. The molecular formula is C13H20N4O. The molecule has 2 N–H and O–H groups in total. The summed E-state index contributed by atoms with van der Waals surface area (Å²) in [6, 6.07) is 1.89. The third-order valence-electron chi connectivity index (χ3n) is 3.51. The topological polar surface area (TPSA) is 62.5 Å². The molecule has 0 fully saturated rings. The molecular weight excluding hydrogens is 228 g/mol. The lowest BCUT2D eigenvalue weighted by Crippen LogP contribution is -2.42. The van der Waals surface area contributed by atoms with Crippen molar-refractivity contribution in [1.82, 2.24) is 19.7 Å². The van der Waals surface area contributed by atoms with Gasteiger partial charge in [-0.15, -0.1) is 0 Å². The van der Waals surface area contributed by atoms with Gasteiger partial charge in [0, 0.05) is 31.1 Å². The molecule has 0 saturated carbocycles. The Morgan fingerprint density at radius 2 is 2.28 bits per heavy atom. The van der Waals surface area contributed by atoms with Crippen molar-refractivity contribution >= 4 is 5.78 Å². The third kappa shape index (κ3) is 2.68. The van der Waals surface area contributed by atoms with Gasteiger partial charge in [0.1, 0.15) is 0 Å². The van der Waals surface area contributed by atoms with Crippen molar-refractivity contribution in [1.29, 1.82) is 0 Å². The van der Waals surface area contributed by atoms with Gasteiger partial charge in [0.05, 0.1) is 11.9 Å². The van der Waals surface area contributed by atoms with Crippen LogP contribution in [0.1, 0.15) is 32.4 Å². The smallest absolute Gasteiger partial charge is 0.233 e. The zero-order valence-corrected chi connectivity index (χ0v) is 10.9. The Labute approximate surface area is 107 Å². The average molecular weight is 248 g/mol. The molecule has 18 heavy (non-hydrogen) atoms. The minimum absolute atomic E-state index is 0.0406. The fourth-order valence-corrected chi connectivity index (χ4v) is 1.95. The number of aromatic nitrogens is 3. The van der Waals surface area contributed by atoms with Crippen LogP contribution in [-0.4, -0.2) is 31.6 Å². The fraction of sp³-hybridized carbons (Fsp3) is 0.538. The van der Waals surface area contributed by atoms with E-state index in [1.807, 2.05) is 22.9 Å². The van der Waals surface area contributed by atoms with Gasteiger partial charge >= 0.3 is 0 Å². The average Bonchev–Trinajstić information content (AvgIpc) is 2.80. The van der Waals surface area contributed by atoms with Crippen LogP contribution in [0.4, 0.5) is 0 Å². The Hall–Kier alpha value is -1.46. The van der Waals surface area contributed by atoms with Gasteiger partial charge < -0.3 is 10.4 Å². The first-order chi connectivity index (χ1) is 8.68. The van der Waals surface area contributed by atoms with Crippen molar-refractivity contribution in [2.75, 3.05) is 6.61 Å². The lowest BCUT2D eigenvalue weighted by Gasteiger charge is -2.29. The van der Waals surface area contributed by atoms with E-state index in [-0.39, 0.29) is 12.1 Å². The van der Waals surface area contributed by atoms with Crippen molar-refractivity contribution < 1.29 is 5.11 Å². The number of rotatable bonds is 6. The van der Waals surface area contributed by atoms with Crippen LogP contribution in [0.25, 0.3) is 5.78 Å². The monoisotopic (exact) mass is 248 g/mol. The van der Waals surface area contributed by atoms with E-state index in [1.54, 1.807) is 6.20 Å². The SMILES string of the molecule is CCC(C)(CCO)NCc1cnc2ncccn12. The van der Waals surface area contributed by atoms with Crippen molar-refractivity contribution in [3.05, 3.63) is 30.4 Å². The van der Waals surface area contributed by atoms with E-state index in [1.165, 1.54) is 0 Å². The van der Waals surface area contributed by atoms with Gasteiger partial charge in [-0.05, 0) is 25.8 Å². The summed E-state index contributed by atoms with van der Waals surface area (Å²) >= 11 is 0. The van der Waals surface area contributed by atoms with Crippen LogP contribution in [0.15, 0.2) is 24.7 Å². The maximum Gasteiger partial charge on any atom is 0.233 e. The normalized spacial score (nSPS) is 14.8. The maximum absolute atomic E-state index is 9.09. The van der Waals surface area contributed by atoms with Gasteiger partial charge in [0.25, 0.3) is 0 Å². The number of fused-ring (bicyclic) bond motifs is 1. The number of hydrogen-bond acceptors (Lipinski definition) is 4. The molecule has 2 aromatic heterocycles. The molecule has 0 aliphatic heterocycles. The Balaban J connectivity index is 2.10. The van der Waals surface area contributed by atoms with Gasteiger partial charge in [-0.25, -0.2) is 9.97 Å². The van der Waals surface area contributed by atoms with Crippen LogP contribution < -0.4 is 5.32 Å². The summed E-state index contributed by atoms with van der Waals surface area (Å²) in [5.41, 5.74) is 1.04. The summed E-state index contributed by atoms with van der Waals surface area (Å²) in [6.07, 6.45) is 7.26. The zero-order valence-electron chi connectivity index (χ0n) is 10.9. The number of nitrogens with zero attached hydrogens (tertiary/aromatic N) is 3. The van der Waals surface area contributed by atoms with E-state index in [9.17, 15) is 0 Å². The van der Waals surface area contributed by atoms with Crippen LogP contribution in [0.5, 0.6) is 0 Å². The molecule has 2 aromatic rings. The molecule has 0 aromatic carbocycles. The lowest BCUT2D eigenvalue weighted by molar-refractivity contribution is 0.214. The van der Waals surface area contributed by atoms with Crippen LogP contribution in [0.2, 0.25) is 0 Å². The van der Waals surface area contributed by atoms with Crippen molar-refractivity contribution in [2.24, 2.45) is 0 Å². The molecule has 0 bridgehead atoms. The second-order valence-electron chi connectivity index (χ2n) is 4.78. The van der Waals surface area contributed by atoms with E-state index in [0.29, 0.717) is 0 Å². The summed E-state index contributed by atoms with van der Waals surface area (Å²) in [6.45, 7) is 5.17. The van der Waals surface area contributed by atoms with Gasteiger partial charge in [0.2, 0.25) is 5.78 Å². The van der Waals surface area contributed by atoms with Gasteiger partial charge in [-0.2, -0.15) is 0 Å². The van der Waals surface area contributed by atoms with Crippen LogP contribution in [0, 0.1) is 0 Å². The second-order valence-corrected chi connectivity index (χ2v) is 4.78.